The number of benzene rings is 1. The van der Waals surface area contributed by atoms with Crippen LogP contribution in [0.1, 0.15) is 34.0 Å². The number of halogens is 1. The lowest BCUT2D eigenvalue weighted by Crippen LogP contribution is -2.27. The van der Waals surface area contributed by atoms with E-state index in [0.717, 1.165) is 5.69 Å². The molecule has 0 saturated carbocycles. The van der Waals surface area contributed by atoms with Crippen LogP contribution in [0.25, 0.3) is 5.69 Å². The van der Waals surface area contributed by atoms with E-state index < -0.39 is 34.2 Å². The first-order chi connectivity index (χ1) is 15.5. The Morgan fingerprint density at radius 1 is 1.18 bits per heavy atom. The highest BCUT2D eigenvalue weighted by Crippen LogP contribution is 2.22. The van der Waals surface area contributed by atoms with E-state index in [1.165, 1.54) is 18.3 Å². The Hall–Kier alpha value is -3.31. The molecule has 0 unspecified atom stereocenters. The molecule has 1 N–H and O–H groups in total. The highest BCUT2D eigenvalue weighted by molar-refractivity contribution is 7.89. The molecule has 0 bridgehead atoms. The molecule has 3 rings (SSSR count). The summed E-state index contributed by atoms with van der Waals surface area (Å²) in [7, 11) is -2.18. The number of Topliss-reactive ketones (excluding diaryl/α,β-unsaturated/α-hetero) is 1. The van der Waals surface area contributed by atoms with Gasteiger partial charge in [0.05, 0.1) is 6.42 Å². The molecular formula is C22H25FN4O5S. The summed E-state index contributed by atoms with van der Waals surface area (Å²) in [6, 6.07) is 7.66. The van der Waals surface area contributed by atoms with Crippen molar-refractivity contribution in [1.29, 1.82) is 0 Å². The Balaban J connectivity index is 1.56. The standard InChI is InChI=1S/C22H25FN4O5S/c1-14-10-19(15(2)27(14)18-7-5-6-17(23)11-18)20(28)13-32-22(29)8-9-24-33(30,31)21-12-26(4)16(3)25-21/h5-7,10-12,24H,8-9,13H2,1-4H3. The zero-order chi connectivity index (χ0) is 24.3. The number of ether oxygens (including phenoxy) is 1. The molecule has 0 spiro atoms. The van der Waals surface area contributed by atoms with Gasteiger partial charge in [0.15, 0.2) is 11.6 Å². The first kappa shape index (κ1) is 24.3. The molecule has 176 valence electrons. The number of nitrogens with one attached hydrogen (secondary N) is 1. The molecule has 33 heavy (non-hydrogen) atoms. The molecule has 9 nitrogen and oxygen atoms in total. The van der Waals surface area contributed by atoms with Crippen LogP contribution >= 0.6 is 0 Å². The number of nitrogens with zero attached hydrogens (tertiary/aromatic N) is 3. The molecule has 2 heterocycles. The van der Waals surface area contributed by atoms with Crippen LogP contribution in [0.2, 0.25) is 0 Å². The van der Waals surface area contributed by atoms with Gasteiger partial charge >= 0.3 is 5.97 Å². The van der Waals surface area contributed by atoms with Crippen molar-refractivity contribution in [3.05, 3.63) is 65.1 Å². The predicted octanol–water partition coefficient (Wildman–Crippen LogP) is 2.37. The monoisotopic (exact) mass is 476 g/mol. The SMILES string of the molecule is Cc1nc(S(=O)(=O)NCCC(=O)OCC(=O)c2cc(C)n(-c3cccc(F)c3)c2C)cn1C. The maximum Gasteiger partial charge on any atom is 0.307 e. The topological polar surface area (TPSA) is 112 Å². The summed E-state index contributed by atoms with van der Waals surface area (Å²) in [5.74, 6) is -0.994. The first-order valence-corrected chi connectivity index (χ1v) is 11.6. The van der Waals surface area contributed by atoms with Crippen molar-refractivity contribution in [3.63, 3.8) is 0 Å². The van der Waals surface area contributed by atoms with E-state index in [9.17, 15) is 22.4 Å². The number of hydrogen-bond donors (Lipinski definition) is 1. The van der Waals surface area contributed by atoms with E-state index in [4.69, 9.17) is 4.74 Å². The summed E-state index contributed by atoms with van der Waals surface area (Å²) < 4.78 is 48.7. The van der Waals surface area contributed by atoms with Crippen molar-refractivity contribution in [1.82, 2.24) is 18.8 Å². The van der Waals surface area contributed by atoms with Gasteiger partial charge in [-0.25, -0.2) is 22.5 Å². The average molecular weight is 477 g/mol. The zero-order valence-electron chi connectivity index (χ0n) is 18.8. The summed E-state index contributed by atoms with van der Waals surface area (Å²) in [4.78, 5) is 28.5. The number of aryl methyl sites for hydroxylation is 3. The van der Waals surface area contributed by atoms with Gasteiger partial charge in [0.25, 0.3) is 10.0 Å². The number of carbonyl (C=O) groups excluding carboxylic acids is 2. The van der Waals surface area contributed by atoms with Crippen LogP contribution in [0.3, 0.4) is 0 Å². The van der Waals surface area contributed by atoms with Crippen LogP contribution in [-0.4, -0.2) is 47.4 Å². The lowest BCUT2D eigenvalue weighted by molar-refractivity contribution is -0.142. The number of carbonyl (C=O) groups is 2. The summed E-state index contributed by atoms with van der Waals surface area (Å²) in [6.07, 6.45) is 1.12. The average Bonchev–Trinajstić information content (AvgIpc) is 3.24. The normalized spacial score (nSPS) is 11.5. The molecule has 11 heteroatoms. The minimum Gasteiger partial charge on any atom is -0.457 e. The smallest absolute Gasteiger partial charge is 0.307 e. The predicted molar refractivity (Wildman–Crippen MR) is 118 cm³/mol. The molecule has 0 aliphatic rings. The van der Waals surface area contributed by atoms with Crippen LogP contribution in [0.15, 0.2) is 41.6 Å². The zero-order valence-corrected chi connectivity index (χ0v) is 19.6. The summed E-state index contributed by atoms with van der Waals surface area (Å²) >= 11 is 0. The van der Waals surface area contributed by atoms with Gasteiger partial charge in [-0.05, 0) is 45.0 Å². The molecule has 0 atom stereocenters. The van der Waals surface area contributed by atoms with Crippen LogP contribution in [0.5, 0.6) is 0 Å². The number of hydrogen-bond acceptors (Lipinski definition) is 6. The molecule has 1 aromatic carbocycles. The molecule has 0 fully saturated rings. The van der Waals surface area contributed by atoms with Gasteiger partial charge in [-0.3, -0.25) is 9.59 Å². The van der Waals surface area contributed by atoms with Crippen LogP contribution in [-0.2, 0) is 26.6 Å². The van der Waals surface area contributed by atoms with Gasteiger partial charge in [-0.1, -0.05) is 6.07 Å². The minimum atomic E-state index is -3.86. The van der Waals surface area contributed by atoms with E-state index in [-0.39, 0.29) is 18.0 Å². The van der Waals surface area contributed by atoms with E-state index in [1.54, 1.807) is 55.2 Å². The Morgan fingerprint density at radius 3 is 2.55 bits per heavy atom. The van der Waals surface area contributed by atoms with Gasteiger partial charge in [0.2, 0.25) is 5.78 Å². The molecular weight excluding hydrogens is 451 g/mol. The van der Waals surface area contributed by atoms with Crippen molar-refractivity contribution < 1.29 is 27.1 Å². The third kappa shape index (κ3) is 5.55. The minimum absolute atomic E-state index is 0.139. The molecule has 0 saturated heterocycles. The van der Waals surface area contributed by atoms with Crippen LogP contribution < -0.4 is 4.72 Å². The van der Waals surface area contributed by atoms with E-state index in [0.29, 0.717) is 22.8 Å². The van der Waals surface area contributed by atoms with Crippen molar-refractivity contribution in [2.75, 3.05) is 13.2 Å². The number of sulfonamides is 1. The number of aromatic nitrogens is 3. The molecule has 0 aliphatic heterocycles. The van der Waals surface area contributed by atoms with Crippen molar-refractivity contribution >= 4 is 21.8 Å². The third-order valence-corrected chi connectivity index (χ3v) is 6.48. The summed E-state index contributed by atoms with van der Waals surface area (Å²) in [5, 5.41) is -0.139. The van der Waals surface area contributed by atoms with Gasteiger partial charge in [-0.2, -0.15) is 0 Å². The second kappa shape index (κ2) is 9.67. The third-order valence-electron chi connectivity index (χ3n) is 5.15. The molecule has 0 amide bonds. The van der Waals surface area contributed by atoms with Gasteiger partial charge < -0.3 is 13.9 Å². The molecule has 0 radical (unpaired) electrons. The van der Waals surface area contributed by atoms with Gasteiger partial charge in [0, 0.05) is 42.4 Å². The van der Waals surface area contributed by atoms with E-state index in [1.807, 2.05) is 0 Å². The molecule has 2 aromatic heterocycles. The number of rotatable bonds is 9. The largest absolute Gasteiger partial charge is 0.457 e. The fourth-order valence-corrected chi connectivity index (χ4v) is 4.44. The summed E-state index contributed by atoms with van der Waals surface area (Å²) in [5.41, 5.74) is 2.26. The maximum atomic E-state index is 13.6. The van der Waals surface area contributed by atoms with Crippen LogP contribution in [0.4, 0.5) is 4.39 Å². The Morgan fingerprint density at radius 2 is 1.91 bits per heavy atom. The van der Waals surface area contributed by atoms with Crippen molar-refractivity contribution in [2.45, 2.75) is 32.2 Å². The van der Waals surface area contributed by atoms with Crippen molar-refractivity contribution in [2.24, 2.45) is 7.05 Å². The lowest BCUT2D eigenvalue weighted by Gasteiger charge is -2.10. The number of imidazole rings is 1. The van der Waals surface area contributed by atoms with E-state index >= 15 is 0 Å². The summed E-state index contributed by atoms with van der Waals surface area (Å²) in [6.45, 7) is 4.50. The fourth-order valence-electron chi connectivity index (χ4n) is 3.37. The maximum absolute atomic E-state index is 13.6. The second-order valence-corrected chi connectivity index (χ2v) is 9.28. The number of ketones is 1. The van der Waals surface area contributed by atoms with E-state index in [2.05, 4.69) is 9.71 Å². The highest BCUT2D eigenvalue weighted by Gasteiger charge is 2.20. The fraction of sp³-hybridized carbons (Fsp3) is 0.318. The first-order valence-electron chi connectivity index (χ1n) is 10.1. The van der Waals surface area contributed by atoms with Gasteiger partial charge in [0.1, 0.15) is 11.6 Å². The Bertz CT molecular complexity index is 1290. The van der Waals surface area contributed by atoms with Gasteiger partial charge in [-0.15, -0.1) is 0 Å². The highest BCUT2D eigenvalue weighted by atomic mass is 32.2. The Kier molecular flexibility index (Phi) is 7.13. The Labute approximate surface area is 191 Å². The quantitative estimate of drug-likeness (QED) is 0.375. The van der Waals surface area contributed by atoms with Crippen LogP contribution in [0, 0.1) is 26.6 Å². The second-order valence-electron chi connectivity index (χ2n) is 7.57. The molecule has 0 aliphatic carbocycles. The number of esters is 1. The van der Waals surface area contributed by atoms with Crippen molar-refractivity contribution in [3.8, 4) is 5.69 Å². The molecule has 3 aromatic rings. The lowest BCUT2D eigenvalue weighted by atomic mass is 10.1.